The molecular formula is C14H24N2O. The largest absolute Gasteiger partial charge is 0.469 e. The highest BCUT2D eigenvalue weighted by Gasteiger charge is 2.17. The molecule has 3 heteroatoms. The van der Waals surface area contributed by atoms with Gasteiger partial charge in [0.1, 0.15) is 5.76 Å². The third kappa shape index (κ3) is 3.86. The molecule has 17 heavy (non-hydrogen) atoms. The molecule has 3 nitrogen and oxygen atoms in total. The molecular weight excluding hydrogens is 212 g/mol. The maximum absolute atomic E-state index is 5.43. The molecule has 1 saturated heterocycles. The van der Waals surface area contributed by atoms with Crippen LogP contribution < -0.4 is 5.32 Å². The van der Waals surface area contributed by atoms with E-state index in [1.807, 2.05) is 6.07 Å². The molecule has 0 spiro atoms. The predicted octanol–water partition coefficient (Wildman–Crippen LogP) is 2.28. The molecule has 96 valence electrons. The molecule has 0 amide bonds. The summed E-state index contributed by atoms with van der Waals surface area (Å²) in [5.41, 5.74) is 0. The summed E-state index contributed by atoms with van der Waals surface area (Å²) in [6.45, 7) is 8.12. The summed E-state index contributed by atoms with van der Waals surface area (Å²) in [7, 11) is 0. The first-order chi connectivity index (χ1) is 8.25. The molecule has 1 aromatic heterocycles. The molecule has 0 aliphatic carbocycles. The van der Waals surface area contributed by atoms with Gasteiger partial charge in [-0.1, -0.05) is 0 Å². The van der Waals surface area contributed by atoms with Gasteiger partial charge in [0.25, 0.3) is 0 Å². The summed E-state index contributed by atoms with van der Waals surface area (Å²) in [5, 5.41) is 3.54. The van der Waals surface area contributed by atoms with Gasteiger partial charge in [-0.3, -0.25) is 0 Å². The molecule has 2 atom stereocenters. The molecule has 0 aromatic carbocycles. The standard InChI is InChI=1S/C14H24N2O/c1-12-6-9-16(8-4-7-15-12)13(2)11-14-5-3-10-17-14/h3,5,10,12-13,15H,4,6-9,11H2,1-2H3. The van der Waals surface area contributed by atoms with E-state index >= 15 is 0 Å². The van der Waals surface area contributed by atoms with E-state index in [4.69, 9.17) is 4.42 Å². The monoisotopic (exact) mass is 236 g/mol. The van der Waals surface area contributed by atoms with Gasteiger partial charge in [0, 0.05) is 18.5 Å². The fraction of sp³-hybridized carbons (Fsp3) is 0.714. The molecule has 1 fully saturated rings. The zero-order chi connectivity index (χ0) is 12.1. The Hall–Kier alpha value is -0.800. The van der Waals surface area contributed by atoms with Gasteiger partial charge in [0.2, 0.25) is 0 Å². The summed E-state index contributed by atoms with van der Waals surface area (Å²) in [6, 6.07) is 5.27. The van der Waals surface area contributed by atoms with Crippen molar-refractivity contribution in [1.82, 2.24) is 10.2 Å². The minimum Gasteiger partial charge on any atom is -0.469 e. The molecule has 0 saturated carbocycles. The highest BCUT2D eigenvalue weighted by molar-refractivity contribution is 5.00. The fourth-order valence-corrected chi connectivity index (χ4v) is 2.49. The Kier molecular flexibility index (Phi) is 4.63. The third-order valence-electron chi connectivity index (χ3n) is 3.66. The number of hydrogen-bond donors (Lipinski definition) is 1. The zero-order valence-electron chi connectivity index (χ0n) is 11.0. The lowest BCUT2D eigenvalue weighted by Gasteiger charge is -2.32. The van der Waals surface area contributed by atoms with Crippen molar-refractivity contribution >= 4 is 0 Å². The van der Waals surface area contributed by atoms with Crippen molar-refractivity contribution in [3.8, 4) is 0 Å². The molecule has 0 radical (unpaired) electrons. The third-order valence-corrected chi connectivity index (χ3v) is 3.66. The summed E-state index contributed by atoms with van der Waals surface area (Å²) in [4.78, 5) is 2.60. The summed E-state index contributed by atoms with van der Waals surface area (Å²) in [5.74, 6) is 1.10. The second-order valence-electron chi connectivity index (χ2n) is 5.17. The summed E-state index contributed by atoms with van der Waals surface area (Å²) >= 11 is 0. The minimum absolute atomic E-state index is 0.575. The molecule has 2 heterocycles. The van der Waals surface area contributed by atoms with Crippen molar-refractivity contribution in [1.29, 1.82) is 0 Å². The van der Waals surface area contributed by atoms with Gasteiger partial charge in [-0.15, -0.1) is 0 Å². The molecule has 1 aliphatic heterocycles. The van der Waals surface area contributed by atoms with Gasteiger partial charge in [0.05, 0.1) is 6.26 Å². The first kappa shape index (κ1) is 12.7. The Balaban J connectivity index is 1.86. The van der Waals surface area contributed by atoms with Crippen LogP contribution in [0.5, 0.6) is 0 Å². The van der Waals surface area contributed by atoms with Crippen LogP contribution >= 0.6 is 0 Å². The lowest BCUT2D eigenvalue weighted by atomic mass is 10.1. The first-order valence-corrected chi connectivity index (χ1v) is 6.75. The maximum atomic E-state index is 5.43. The minimum atomic E-state index is 0.575. The summed E-state index contributed by atoms with van der Waals surface area (Å²) in [6.07, 6.45) is 5.27. The van der Waals surface area contributed by atoms with Gasteiger partial charge >= 0.3 is 0 Å². The topological polar surface area (TPSA) is 28.4 Å². The fourth-order valence-electron chi connectivity index (χ4n) is 2.49. The van der Waals surface area contributed by atoms with Crippen LogP contribution in [0.15, 0.2) is 22.8 Å². The van der Waals surface area contributed by atoms with Gasteiger partial charge in [0.15, 0.2) is 0 Å². The Labute approximate surface area is 104 Å². The number of furan rings is 1. The summed E-state index contributed by atoms with van der Waals surface area (Å²) < 4.78 is 5.43. The van der Waals surface area contributed by atoms with Crippen LogP contribution in [0.25, 0.3) is 0 Å². The quantitative estimate of drug-likeness (QED) is 0.873. The van der Waals surface area contributed by atoms with Crippen LogP contribution in [0.2, 0.25) is 0 Å². The van der Waals surface area contributed by atoms with Crippen molar-refractivity contribution in [3.05, 3.63) is 24.2 Å². The Bertz CT molecular complexity index is 310. The molecule has 1 aliphatic rings. The van der Waals surface area contributed by atoms with E-state index in [1.54, 1.807) is 6.26 Å². The Morgan fingerprint density at radius 3 is 3.18 bits per heavy atom. The number of nitrogens with one attached hydrogen (secondary N) is 1. The first-order valence-electron chi connectivity index (χ1n) is 6.75. The van der Waals surface area contributed by atoms with Crippen molar-refractivity contribution in [3.63, 3.8) is 0 Å². The van der Waals surface area contributed by atoms with Crippen LogP contribution in [0.4, 0.5) is 0 Å². The van der Waals surface area contributed by atoms with E-state index in [0.717, 1.165) is 18.7 Å². The molecule has 2 unspecified atom stereocenters. The van der Waals surface area contributed by atoms with E-state index in [1.165, 1.54) is 25.9 Å². The lowest BCUT2D eigenvalue weighted by molar-refractivity contribution is 0.178. The van der Waals surface area contributed by atoms with E-state index in [9.17, 15) is 0 Å². The van der Waals surface area contributed by atoms with E-state index in [0.29, 0.717) is 12.1 Å². The molecule has 0 bridgehead atoms. The average Bonchev–Trinajstić information content (AvgIpc) is 2.76. The Morgan fingerprint density at radius 1 is 1.53 bits per heavy atom. The van der Waals surface area contributed by atoms with Crippen LogP contribution in [0.1, 0.15) is 32.4 Å². The van der Waals surface area contributed by atoms with Gasteiger partial charge in [-0.2, -0.15) is 0 Å². The van der Waals surface area contributed by atoms with Crippen molar-refractivity contribution < 1.29 is 4.42 Å². The molecule has 2 rings (SSSR count). The molecule has 1 N–H and O–H groups in total. The molecule has 1 aromatic rings. The average molecular weight is 236 g/mol. The van der Waals surface area contributed by atoms with E-state index < -0.39 is 0 Å². The van der Waals surface area contributed by atoms with Crippen molar-refractivity contribution in [2.75, 3.05) is 19.6 Å². The van der Waals surface area contributed by atoms with Gasteiger partial charge in [-0.05, 0) is 58.5 Å². The smallest absolute Gasteiger partial charge is 0.105 e. The number of nitrogens with zero attached hydrogens (tertiary/aromatic N) is 1. The Morgan fingerprint density at radius 2 is 2.41 bits per heavy atom. The lowest BCUT2D eigenvalue weighted by Crippen LogP contribution is -2.42. The SMILES string of the molecule is CC1CCN(C(C)Cc2ccco2)CCCN1. The second-order valence-corrected chi connectivity index (χ2v) is 5.17. The van der Waals surface area contributed by atoms with Crippen LogP contribution in [0.3, 0.4) is 0 Å². The highest BCUT2D eigenvalue weighted by Crippen LogP contribution is 2.12. The second kappa shape index (κ2) is 6.22. The van der Waals surface area contributed by atoms with Crippen molar-refractivity contribution in [2.45, 2.75) is 45.2 Å². The number of hydrogen-bond acceptors (Lipinski definition) is 3. The normalized spacial score (nSPS) is 25.2. The maximum Gasteiger partial charge on any atom is 0.105 e. The predicted molar refractivity (Wildman–Crippen MR) is 70.1 cm³/mol. The number of rotatable bonds is 3. The zero-order valence-corrected chi connectivity index (χ0v) is 11.0. The highest BCUT2D eigenvalue weighted by atomic mass is 16.3. The van der Waals surface area contributed by atoms with Crippen LogP contribution in [-0.4, -0.2) is 36.6 Å². The van der Waals surface area contributed by atoms with Gasteiger partial charge < -0.3 is 14.6 Å². The van der Waals surface area contributed by atoms with E-state index in [2.05, 4.69) is 30.1 Å². The van der Waals surface area contributed by atoms with Crippen LogP contribution in [0, 0.1) is 0 Å². The van der Waals surface area contributed by atoms with Gasteiger partial charge in [-0.25, -0.2) is 0 Å². The van der Waals surface area contributed by atoms with Crippen molar-refractivity contribution in [2.24, 2.45) is 0 Å². The van der Waals surface area contributed by atoms with Crippen LogP contribution in [-0.2, 0) is 6.42 Å². The van der Waals surface area contributed by atoms with E-state index in [-0.39, 0.29) is 0 Å².